The molecule has 8 nitrogen and oxygen atoms in total. The standard InChI is InChI=1S/C23H27F3N6O2/c1-2-30(10-11-31-12-14-32(15-13-31)22-27-8-3-9-28-22)17-20-16-21(29-34-20)18-4-6-19(7-5-18)33-23(24,25)26/h3-9,16H,2,10-15,17H2,1H3. The number of benzene rings is 1. The summed E-state index contributed by atoms with van der Waals surface area (Å²) in [6.45, 7) is 9.10. The number of alkyl halides is 3. The largest absolute Gasteiger partial charge is 0.573 e. The highest BCUT2D eigenvalue weighted by molar-refractivity contribution is 5.59. The summed E-state index contributed by atoms with van der Waals surface area (Å²) in [6, 6.07) is 9.22. The molecule has 0 saturated carbocycles. The Morgan fingerprint density at radius 1 is 1.06 bits per heavy atom. The van der Waals surface area contributed by atoms with Crippen molar-refractivity contribution in [1.29, 1.82) is 0 Å². The van der Waals surface area contributed by atoms with Crippen molar-refractivity contribution < 1.29 is 22.4 Å². The summed E-state index contributed by atoms with van der Waals surface area (Å²) in [5, 5.41) is 4.07. The molecule has 1 fully saturated rings. The lowest BCUT2D eigenvalue weighted by Gasteiger charge is -2.35. The van der Waals surface area contributed by atoms with Crippen molar-refractivity contribution in [3.8, 4) is 17.0 Å². The van der Waals surface area contributed by atoms with Crippen LogP contribution in [0.1, 0.15) is 12.7 Å². The Kier molecular flexibility index (Phi) is 7.63. The van der Waals surface area contributed by atoms with Crippen molar-refractivity contribution in [2.45, 2.75) is 19.8 Å². The molecule has 1 aliphatic heterocycles. The smallest absolute Gasteiger partial charge is 0.406 e. The summed E-state index contributed by atoms with van der Waals surface area (Å²) >= 11 is 0. The van der Waals surface area contributed by atoms with Crippen LogP contribution in [0.25, 0.3) is 11.3 Å². The predicted octanol–water partition coefficient (Wildman–Crippen LogP) is 3.67. The number of piperazine rings is 1. The molecule has 3 heterocycles. The quantitative estimate of drug-likeness (QED) is 0.463. The second-order valence-corrected chi connectivity index (χ2v) is 8.00. The van der Waals surface area contributed by atoms with E-state index in [4.69, 9.17) is 4.52 Å². The average Bonchev–Trinajstić information content (AvgIpc) is 3.30. The zero-order valence-corrected chi connectivity index (χ0v) is 18.9. The SMILES string of the molecule is CCN(CCN1CCN(c2ncccn2)CC1)Cc1cc(-c2ccc(OC(F)(F)F)cc2)no1. The van der Waals surface area contributed by atoms with E-state index >= 15 is 0 Å². The summed E-state index contributed by atoms with van der Waals surface area (Å²) in [6.07, 6.45) is -1.18. The molecular weight excluding hydrogens is 449 g/mol. The van der Waals surface area contributed by atoms with E-state index in [-0.39, 0.29) is 5.75 Å². The Balaban J connectivity index is 1.25. The molecule has 2 aromatic heterocycles. The molecule has 0 radical (unpaired) electrons. The number of nitrogens with zero attached hydrogens (tertiary/aromatic N) is 6. The molecule has 0 N–H and O–H groups in total. The van der Waals surface area contributed by atoms with Gasteiger partial charge in [0.05, 0.1) is 6.54 Å². The van der Waals surface area contributed by atoms with Gasteiger partial charge in [-0.25, -0.2) is 9.97 Å². The fourth-order valence-electron chi connectivity index (χ4n) is 3.83. The van der Waals surface area contributed by atoms with Crippen molar-refractivity contribution in [2.75, 3.05) is 50.7 Å². The fourth-order valence-corrected chi connectivity index (χ4v) is 3.83. The van der Waals surface area contributed by atoms with Gasteiger partial charge in [0, 0.05) is 63.3 Å². The first-order chi connectivity index (χ1) is 16.4. The van der Waals surface area contributed by atoms with Crippen molar-refractivity contribution in [3.05, 3.63) is 54.6 Å². The molecule has 1 aliphatic rings. The Morgan fingerprint density at radius 3 is 2.41 bits per heavy atom. The second-order valence-electron chi connectivity index (χ2n) is 8.00. The average molecular weight is 477 g/mol. The Bertz CT molecular complexity index is 1020. The van der Waals surface area contributed by atoms with E-state index in [1.54, 1.807) is 12.4 Å². The molecule has 1 aromatic carbocycles. The fraction of sp³-hybridized carbons (Fsp3) is 0.435. The zero-order chi connectivity index (χ0) is 24.0. The van der Waals surface area contributed by atoms with E-state index in [0.717, 1.165) is 51.8 Å². The van der Waals surface area contributed by atoms with E-state index in [1.807, 2.05) is 12.1 Å². The number of hydrogen-bond acceptors (Lipinski definition) is 8. The van der Waals surface area contributed by atoms with Crippen molar-refractivity contribution in [1.82, 2.24) is 24.9 Å². The van der Waals surface area contributed by atoms with Crippen LogP contribution in [0.2, 0.25) is 0 Å². The van der Waals surface area contributed by atoms with Crippen molar-refractivity contribution in [2.24, 2.45) is 0 Å². The molecule has 0 atom stereocenters. The van der Waals surface area contributed by atoms with Gasteiger partial charge in [-0.05, 0) is 36.9 Å². The van der Waals surface area contributed by atoms with Gasteiger partial charge in [0.1, 0.15) is 11.4 Å². The number of anilines is 1. The first kappa shape index (κ1) is 24.0. The van der Waals surface area contributed by atoms with Crippen LogP contribution in [0.3, 0.4) is 0 Å². The maximum absolute atomic E-state index is 12.3. The minimum atomic E-state index is -4.71. The predicted molar refractivity (Wildman–Crippen MR) is 120 cm³/mol. The van der Waals surface area contributed by atoms with Gasteiger partial charge in [0.2, 0.25) is 5.95 Å². The molecule has 0 bridgehead atoms. The Hall–Kier alpha value is -3.18. The van der Waals surface area contributed by atoms with E-state index < -0.39 is 6.36 Å². The molecule has 11 heteroatoms. The van der Waals surface area contributed by atoms with Gasteiger partial charge in [-0.15, -0.1) is 13.2 Å². The number of hydrogen-bond donors (Lipinski definition) is 0. The van der Waals surface area contributed by atoms with Crippen LogP contribution in [0.5, 0.6) is 5.75 Å². The number of halogens is 3. The summed E-state index contributed by atoms with van der Waals surface area (Å²) in [5.41, 5.74) is 1.23. The highest BCUT2D eigenvalue weighted by Gasteiger charge is 2.31. The maximum atomic E-state index is 12.3. The van der Waals surface area contributed by atoms with E-state index in [9.17, 15) is 13.2 Å². The minimum Gasteiger partial charge on any atom is -0.406 e. The third-order valence-electron chi connectivity index (χ3n) is 5.71. The van der Waals surface area contributed by atoms with Crippen LogP contribution in [0.15, 0.2) is 53.3 Å². The van der Waals surface area contributed by atoms with Crippen LogP contribution in [-0.4, -0.2) is 77.1 Å². The van der Waals surface area contributed by atoms with E-state index in [0.29, 0.717) is 23.6 Å². The first-order valence-electron chi connectivity index (χ1n) is 11.2. The molecule has 0 unspecified atom stereocenters. The third kappa shape index (κ3) is 6.67. The minimum absolute atomic E-state index is 0.269. The van der Waals surface area contributed by atoms with Crippen molar-refractivity contribution >= 4 is 5.95 Å². The van der Waals surface area contributed by atoms with Crippen LogP contribution in [0.4, 0.5) is 19.1 Å². The Morgan fingerprint density at radius 2 is 1.76 bits per heavy atom. The summed E-state index contributed by atoms with van der Waals surface area (Å²) in [5.74, 6) is 1.22. The molecule has 182 valence electrons. The van der Waals surface area contributed by atoms with Crippen LogP contribution >= 0.6 is 0 Å². The van der Waals surface area contributed by atoms with Gasteiger partial charge in [-0.2, -0.15) is 0 Å². The number of aromatic nitrogens is 3. The molecule has 0 amide bonds. The second kappa shape index (κ2) is 10.8. The molecule has 0 aliphatic carbocycles. The Labute approximate surface area is 195 Å². The zero-order valence-electron chi connectivity index (χ0n) is 18.9. The summed E-state index contributed by atoms with van der Waals surface area (Å²) in [7, 11) is 0. The lowest BCUT2D eigenvalue weighted by Crippen LogP contribution is -2.48. The molecule has 1 saturated heterocycles. The van der Waals surface area contributed by atoms with Crippen LogP contribution in [-0.2, 0) is 6.54 Å². The maximum Gasteiger partial charge on any atom is 0.573 e. The normalized spacial score (nSPS) is 15.1. The van der Waals surface area contributed by atoms with Gasteiger partial charge >= 0.3 is 6.36 Å². The number of ether oxygens (including phenoxy) is 1. The number of rotatable bonds is 9. The first-order valence-corrected chi connectivity index (χ1v) is 11.2. The molecule has 0 spiro atoms. The van der Waals surface area contributed by atoms with E-state index in [1.165, 1.54) is 24.3 Å². The lowest BCUT2D eigenvalue weighted by atomic mass is 10.1. The van der Waals surface area contributed by atoms with Gasteiger partial charge in [-0.3, -0.25) is 9.80 Å². The summed E-state index contributed by atoms with van der Waals surface area (Å²) in [4.78, 5) is 15.6. The lowest BCUT2D eigenvalue weighted by molar-refractivity contribution is -0.274. The topological polar surface area (TPSA) is 70.8 Å². The van der Waals surface area contributed by atoms with Crippen LogP contribution in [0, 0.1) is 0 Å². The monoisotopic (exact) mass is 476 g/mol. The number of likely N-dealkylation sites (N-methyl/N-ethyl adjacent to an activating group) is 1. The van der Waals surface area contributed by atoms with Crippen molar-refractivity contribution in [3.63, 3.8) is 0 Å². The highest BCUT2D eigenvalue weighted by Crippen LogP contribution is 2.26. The van der Waals surface area contributed by atoms with Gasteiger partial charge in [-0.1, -0.05) is 12.1 Å². The van der Waals surface area contributed by atoms with Gasteiger partial charge in [0.25, 0.3) is 0 Å². The van der Waals surface area contributed by atoms with Gasteiger partial charge in [0.15, 0.2) is 5.76 Å². The molecule has 3 aromatic rings. The summed E-state index contributed by atoms with van der Waals surface area (Å²) < 4.78 is 46.4. The highest BCUT2D eigenvalue weighted by atomic mass is 19.4. The van der Waals surface area contributed by atoms with E-state index in [2.05, 4.69) is 41.5 Å². The van der Waals surface area contributed by atoms with Crippen LogP contribution < -0.4 is 9.64 Å². The molecule has 4 rings (SSSR count). The third-order valence-corrected chi connectivity index (χ3v) is 5.71. The molecule has 34 heavy (non-hydrogen) atoms. The van der Waals surface area contributed by atoms with Gasteiger partial charge < -0.3 is 14.2 Å². The molecular formula is C23H27F3N6O2.